The largest absolute Gasteiger partial charge is 0.372 e. The van der Waals surface area contributed by atoms with Crippen molar-refractivity contribution in [2.24, 2.45) is 5.73 Å². The topological polar surface area (TPSA) is 63.3 Å². The molecule has 3 aromatic rings. The van der Waals surface area contributed by atoms with Crippen LogP contribution in [0, 0.1) is 0 Å². The van der Waals surface area contributed by atoms with Gasteiger partial charge in [0.2, 0.25) is 0 Å². The van der Waals surface area contributed by atoms with Crippen LogP contribution in [0.5, 0.6) is 0 Å². The van der Waals surface area contributed by atoms with Crippen molar-refractivity contribution >= 4 is 5.91 Å². The Bertz CT molecular complexity index is 831. The molecule has 0 saturated heterocycles. The summed E-state index contributed by atoms with van der Waals surface area (Å²) in [5.74, 6) is -0.787. The predicted octanol–water partition coefficient (Wildman–Crippen LogP) is 3.00. The van der Waals surface area contributed by atoms with Crippen molar-refractivity contribution in [3.05, 3.63) is 107 Å². The molecule has 0 bridgehead atoms. The van der Waals surface area contributed by atoms with Crippen LogP contribution in [0.15, 0.2) is 84.9 Å². The monoisotopic (exact) mass is 317 g/mol. The third-order valence-electron chi connectivity index (χ3n) is 4.14. The van der Waals surface area contributed by atoms with E-state index in [1.165, 1.54) is 0 Å². The van der Waals surface area contributed by atoms with E-state index in [0.717, 1.165) is 17.5 Å². The van der Waals surface area contributed by atoms with Crippen LogP contribution in [0.4, 0.5) is 0 Å². The predicted molar refractivity (Wildman–Crippen MR) is 94.3 cm³/mol. The number of hydrogen-bond donors (Lipinski definition) is 2. The summed E-state index contributed by atoms with van der Waals surface area (Å²) in [6.07, 6.45) is 0.721. The summed E-state index contributed by atoms with van der Waals surface area (Å²) in [6, 6.07) is 26.2. The van der Waals surface area contributed by atoms with Gasteiger partial charge in [-0.05, 0) is 28.7 Å². The maximum absolute atomic E-state index is 12.1. The minimum absolute atomic E-state index is 0.467. The van der Waals surface area contributed by atoms with Crippen molar-refractivity contribution in [1.82, 2.24) is 0 Å². The Labute approximate surface area is 141 Å². The first-order valence-electron chi connectivity index (χ1n) is 7.82. The van der Waals surface area contributed by atoms with Crippen molar-refractivity contribution in [2.75, 3.05) is 0 Å². The number of primary amides is 1. The molecule has 3 heteroatoms. The van der Waals surface area contributed by atoms with Crippen LogP contribution in [0.3, 0.4) is 0 Å². The van der Waals surface area contributed by atoms with Gasteiger partial charge in [0.1, 0.15) is 0 Å². The Hall–Kier alpha value is -2.91. The summed E-state index contributed by atoms with van der Waals surface area (Å²) in [6.45, 7) is 0. The first-order valence-corrected chi connectivity index (χ1v) is 7.82. The van der Waals surface area contributed by atoms with Gasteiger partial charge in [-0.1, -0.05) is 84.9 Å². The zero-order valence-corrected chi connectivity index (χ0v) is 13.2. The van der Waals surface area contributed by atoms with E-state index >= 15 is 0 Å². The van der Waals surface area contributed by atoms with Gasteiger partial charge in [-0.2, -0.15) is 0 Å². The Morgan fingerprint density at radius 2 is 1.33 bits per heavy atom. The highest BCUT2D eigenvalue weighted by atomic mass is 16.3. The molecule has 0 aliphatic heterocycles. The summed E-state index contributed by atoms with van der Waals surface area (Å²) in [5.41, 5.74) is 6.83. The lowest BCUT2D eigenvalue weighted by atomic mass is 9.84. The van der Waals surface area contributed by atoms with Gasteiger partial charge < -0.3 is 10.8 Å². The average molecular weight is 317 g/mol. The fourth-order valence-corrected chi connectivity index (χ4v) is 2.87. The molecule has 3 N–H and O–H groups in total. The molecule has 0 spiro atoms. The van der Waals surface area contributed by atoms with Crippen molar-refractivity contribution in [2.45, 2.75) is 12.0 Å². The lowest BCUT2D eigenvalue weighted by Crippen LogP contribution is -2.42. The van der Waals surface area contributed by atoms with E-state index in [9.17, 15) is 9.90 Å². The number of hydrogen-bond acceptors (Lipinski definition) is 2. The van der Waals surface area contributed by atoms with Crippen LogP contribution in [0.2, 0.25) is 0 Å². The lowest BCUT2D eigenvalue weighted by molar-refractivity contribution is -0.133. The molecule has 3 nitrogen and oxygen atoms in total. The van der Waals surface area contributed by atoms with Gasteiger partial charge in [-0.3, -0.25) is 4.79 Å². The number of aliphatic hydroxyl groups is 1. The van der Waals surface area contributed by atoms with Gasteiger partial charge in [0.15, 0.2) is 5.60 Å². The van der Waals surface area contributed by atoms with E-state index in [1.807, 2.05) is 54.6 Å². The first-order chi connectivity index (χ1) is 11.6. The second-order valence-corrected chi connectivity index (χ2v) is 5.80. The van der Waals surface area contributed by atoms with Gasteiger partial charge in [0.25, 0.3) is 5.91 Å². The molecule has 0 aromatic heterocycles. The third-order valence-corrected chi connectivity index (χ3v) is 4.14. The van der Waals surface area contributed by atoms with E-state index in [2.05, 4.69) is 0 Å². The Morgan fingerprint density at radius 1 is 0.792 bits per heavy atom. The molecule has 0 heterocycles. The molecular weight excluding hydrogens is 298 g/mol. The number of rotatable bonds is 5. The Kier molecular flexibility index (Phi) is 4.45. The number of carbonyl (C=O) groups is 1. The molecule has 120 valence electrons. The molecule has 1 atom stereocenters. The Balaban J connectivity index is 2.01. The highest BCUT2D eigenvalue weighted by Crippen LogP contribution is 2.30. The average Bonchev–Trinajstić information content (AvgIpc) is 2.62. The normalized spacial score (nSPS) is 13.2. The fraction of sp³-hybridized carbons (Fsp3) is 0.0952. The molecule has 3 rings (SSSR count). The molecule has 0 aliphatic rings. The summed E-state index contributed by atoms with van der Waals surface area (Å²) in [7, 11) is 0. The van der Waals surface area contributed by atoms with Crippen LogP contribution in [0.25, 0.3) is 0 Å². The van der Waals surface area contributed by atoms with Crippen LogP contribution in [-0.4, -0.2) is 11.0 Å². The van der Waals surface area contributed by atoms with E-state index in [4.69, 9.17) is 5.73 Å². The van der Waals surface area contributed by atoms with E-state index < -0.39 is 11.5 Å². The summed E-state index contributed by atoms with van der Waals surface area (Å²) in [4.78, 5) is 12.1. The van der Waals surface area contributed by atoms with Gasteiger partial charge in [0, 0.05) is 0 Å². The van der Waals surface area contributed by atoms with Gasteiger partial charge in [0.05, 0.1) is 0 Å². The highest BCUT2D eigenvalue weighted by Gasteiger charge is 2.38. The quantitative estimate of drug-likeness (QED) is 0.760. The van der Waals surface area contributed by atoms with E-state index in [-0.39, 0.29) is 0 Å². The molecule has 1 amide bonds. The standard InChI is InChI=1S/C21H19NO2/c22-20(23)21(24,18-11-5-2-6-12-18)19-13-7-10-17(15-19)14-16-8-3-1-4-9-16/h1-13,15,24H,14H2,(H2,22,23). The fourth-order valence-electron chi connectivity index (χ4n) is 2.87. The van der Waals surface area contributed by atoms with Gasteiger partial charge >= 0.3 is 0 Å². The number of nitrogens with two attached hydrogens (primary N) is 1. The van der Waals surface area contributed by atoms with E-state index in [0.29, 0.717) is 11.1 Å². The summed E-state index contributed by atoms with van der Waals surface area (Å²) >= 11 is 0. The van der Waals surface area contributed by atoms with Crippen LogP contribution < -0.4 is 5.73 Å². The summed E-state index contributed by atoms with van der Waals surface area (Å²) < 4.78 is 0. The maximum Gasteiger partial charge on any atom is 0.258 e. The second kappa shape index (κ2) is 6.69. The second-order valence-electron chi connectivity index (χ2n) is 5.80. The zero-order valence-electron chi connectivity index (χ0n) is 13.2. The van der Waals surface area contributed by atoms with Gasteiger partial charge in [-0.25, -0.2) is 0 Å². The molecule has 3 aromatic carbocycles. The molecule has 1 unspecified atom stereocenters. The zero-order chi connectivity index (χ0) is 17.0. The number of amides is 1. The number of benzene rings is 3. The molecular formula is C21H19NO2. The van der Waals surface area contributed by atoms with Crippen molar-refractivity contribution in [1.29, 1.82) is 0 Å². The minimum atomic E-state index is -1.84. The molecule has 0 fully saturated rings. The maximum atomic E-state index is 12.1. The van der Waals surface area contributed by atoms with Crippen molar-refractivity contribution < 1.29 is 9.90 Å². The Morgan fingerprint density at radius 3 is 1.96 bits per heavy atom. The lowest BCUT2D eigenvalue weighted by Gasteiger charge is -2.26. The van der Waals surface area contributed by atoms with Gasteiger partial charge in [-0.15, -0.1) is 0 Å². The van der Waals surface area contributed by atoms with Crippen LogP contribution >= 0.6 is 0 Å². The molecule has 0 aliphatic carbocycles. The molecule has 24 heavy (non-hydrogen) atoms. The first kappa shape index (κ1) is 16.0. The van der Waals surface area contributed by atoms with E-state index in [1.54, 1.807) is 30.3 Å². The SMILES string of the molecule is NC(=O)C(O)(c1ccccc1)c1cccc(Cc2ccccc2)c1. The smallest absolute Gasteiger partial charge is 0.258 e. The molecule has 0 saturated carbocycles. The highest BCUT2D eigenvalue weighted by molar-refractivity contribution is 5.88. The molecule has 0 radical (unpaired) electrons. The van der Waals surface area contributed by atoms with Crippen LogP contribution in [-0.2, 0) is 16.8 Å². The van der Waals surface area contributed by atoms with Crippen molar-refractivity contribution in [3.63, 3.8) is 0 Å². The third kappa shape index (κ3) is 3.07. The van der Waals surface area contributed by atoms with Crippen LogP contribution in [0.1, 0.15) is 22.3 Å². The summed E-state index contributed by atoms with van der Waals surface area (Å²) in [5, 5.41) is 11.0. The number of carbonyl (C=O) groups excluding carboxylic acids is 1. The minimum Gasteiger partial charge on any atom is -0.372 e. The van der Waals surface area contributed by atoms with Crippen molar-refractivity contribution in [3.8, 4) is 0 Å².